The van der Waals surface area contributed by atoms with Crippen LogP contribution in [0.4, 0.5) is 18.9 Å². The quantitative estimate of drug-likeness (QED) is 0.789. The molecule has 1 rings (SSSR count). The summed E-state index contributed by atoms with van der Waals surface area (Å²) in [5.41, 5.74) is -0.609. The van der Waals surface area contributed by atoms with Gasteiger partial charge in [-0.2, -0.15) is 13.2 Å². The van der Waals surface area contributed by atoms with Crippen LogP contribution < -0.4 is 10.6 Å². The van der Waals surface area contributed by atoms with Crippen LogP contribution in [0.3, 0.4) is 0 Å². The lowest BCUT2D eigenvalue weighted by Crippen LogP contribution is -2.38. The topological polar surface area (TPSA) is 67.4 Å². The Labute approximate surface area is 125 Å². The van der Waals surface area contributed by atoms with Gasteiger partial charge in [-0.15, -0.1) is 0 Å². The Morgan fingerprint density at radius 3 is 2.59 bits per heavy atom. The molecule has 0 aliphatic heterocycles. The van der Waals surface area contributed by atoms with E-state index >= 15 is 0 Å². The fourth-order valence-corrected chi connectivity index (χ4v) is 1.70. The van der Waals surface area contributed by atoms with Crippen molar-refractivity contribution in [3.8, 4) is 0 Å². The maximum atomic E-state index is 12.5. The van der Waals surface area contributed by atoms with Crippen molar-refractivity contribution in [3.63, 3.8) is 0 Å². The van der Waals surface area contributed by atoms with Gasteiger partial charge < -0.3 is 15.4 Å². The van der Waals surface area contributed by atoms with Crippen LogP contribution in [0.25, 0.3) is 0 Å². The van der Waals surface area contributed by atoms with Crippen LogP contribution in [0.5, 0.6) is 0 Å². The zero-order valence-electron chi connectivity index (χ0n) is 12.2. The van der Waals surface area contributed by atoms with Gasteiger partial charge in [0.05, 0.1) is 25.6 Å². The molecule has 122 valence electrons. The van der Waals surface area contributed by atoms with Crippen molar-refractivity contribution in [1.29, 1.82) is 0 Å². The van der Waals surface area contributed by atoms with Gasteiger partial charge in [-0.25, -0.2) is 0 Å². The molecule has 0 spiro atoms. The zero-order valence-corrected chi connectivity index (χ0v) is 12.2. The second kappa shape index (κ2) is 7.67. The Morgan fingerprint density at radius 1 is 1.32 bits per heavy atom. The number of hydrogen-bond donors (Lipinski definition) is 2. The van der Waals surface area contributed by atoms with Gasteiger partial charge >= 0.3 is 12.1 Å². The summed E-state index contributed by atoms with van der Waals surface area (Å²) in [6.07, 6.45) is -4.42. The Kier molecular flexibility index (Phi) is 6.21. The fraction of sp³-hybridized carbons (Fsp3) is 0.429. The van der Waals surface area contributed by atoms with Gasteiger partial charge in [-0.1, -0.05) is 6.07 Å². The number of carbonyl (C=O) groups is 2. The van der Waals surface area contributed by atoms with Crippen LogP contribution in [0.15, 0.2) is 24.3 Å². The number of nitrogens with one attached hydrogen (secondary N) is 2. The normalized spacial score (nSPS) is 12.4. The average molecular weight is 318 g/mol. The van der Waals surface area contributed by atoms with E-state index in [0.717, 1.165) is 12.1 Å². The average Bonchev–Trinajstić information content (AvgIpc) is 2.44. The number of alkyl halides is 3. The van der Waals surface area contributed by atoms with E-state index in [1.54, 1.807) is 6.92 Å². The molecule has 2 N–H and O–H groups in total. The van der Waals surface area contributed by atoms with E-state index in [0.29, 0.717) is 0 Å². The SMILES string of the molecule is COC(=O)CC(C)NC(=O)CNc1cccc(C(F)(F)F)c1. The van der Waals surface area contributed by atoms with Crippen LogP contribution >= 0.6 is 0 Å². The highest BCUT2D eigenvalue weighted by Gasteiger charge is 2.30. The maximum Gasteiger partial charge on any atom is 0.416 e. The van der Waals surface area contributed by atoms with Crippen LogP contribution in [0.1, 0.15) is 18.9 Å². The zero-order chi connectivity index (χ0) is 16.8. The van der Waals surface area contributed by atoms with Crippen LogP contribution in [-0.4, -0.2) is 31.6 Å². The van der Waals surface area contributed by atoms with E-state index in [9.17, 15) is 22.8 Å². The number of methoxy groups -OCH3 is 1. The predicted octanol–water partition coefficient (Wildman–Crippen LogP) is 2.19. The van der Waals surface area contributed by atoms with E-state index in [2.05, 4.69) is 15.4 Å². The summed E-state index contributed by atoms with van der Waals surface area (Å²) in [5, 5.41) is 5.14. The molecule has 0 heterocycles. The molecule has 1 atom stereocenters. The minimum atomic E-state index is -4.44. The molecule has 5 nitrogen and oxygen atoms in total. The Bertz CT molecular complexity index is 532. The highest BCUT2D eigenvalue weighted by molar-refractivity contribution is 5.81. The molecule has 0 aliphatic carbocycles. The van der Waals surface area contributed by atoms with E-state index in [1.807, 2.05) is 0 Å². The molecule has 1 amide bonds. The standard InChI is InChI=1S/C14H17F3N2O3/c1-9(6-13(21)22-2)19-12(20)8-18-11-5-3-4-10(7-11)14(15,16)17/h3-5,7,9,18H,6,8H2,1-2H3,(H,19,20). The Hall–Kier alpha value is -2.25. The van der Waals surface area contributed by atoms with Crippen molar-refractivity contribution in [3.05, 3.63) is 29.8 Å². The highest BCUT2D eigenvalue weighted by atomic mass is 19.4. The van der Waals surface area contributed by atoms with E-state index in [1.165, 1.54) is 19.2 Å². The molecule has 0 bridgehead atoms. The first kappa shape index (κ1) is 17.8. The summed E-state index contributed by atoms with van der Waals surface area (Å²) in [5.74, 6) is -0.896. The van der Waals surface area contributed by atoms with Crippen molar-refractivity contribution in [2.75, 3.05) is 19.0 Å². The number of carbonyl (C=O) groups excluding carboxylic acids is 2. The van der Waals surface area contributed by atoms with Gasteiger partial charge in [0.1, 0.15) is 0 Å². The number of rotatable bonds is 6. The number of amides is 1. The van der Waals surface area contributed by atoms with Crippen molar-refractivity contribution in [1.82, 2.24) is 5.32 Å². The first-order valence-electron chi connectivity index (χ1n) is 6.49. The number of anilines is 1. The monoisotopic (exact) mass is 318 g/mol. The van der Waals surface area contributed by atoms with Gasteiger partial charge in [0.2, 0.25) is 5.91 Å². The molecule has 1 unspecified atom stereocenters. The number of benzene rings is 1. The smallest absolute Gasteiger partial charge is 0.416 e. The highest BCUT2D eigenvalue weighted by Crippen LogP contribution is 2.30. The second-order valence-electron chi connectivity index (χ2n) is 4.68. The molecule has 0 aliphatic rings. The maximum absolute atomic E-state index is 12.5. The lowest BCUT2D eigenvalue weighted by atomic mass is 10.2. The summed E-state index contributed by atoms with van der Waals surface area (Å²) in [4.78, 5) is 22.6. The van der Waals surface area contributed by atoms with Crippen molar-refractivity contribution >= 4 is 17.6 Å². The van der Waals surface area contributed by atoms with Gasteiger partial charge in [-0.05, 0) is 25.1 Å². The molecule has 0 radical (unpaired) electrons. The predicted molar refractivity (Wildman–Crippen MR) is 74.2 cm³/mol. The van der Waals surface area contributed by atoms with Gasteiger partial charge in [0.25, 0.3) is 0 Å². The number of ether oxygens (including phenoxy) is 1. The third kappa shape index (κ3) is 6.02. The number of halogens is 3. The van der Waals surface area contributed by atoms with E-state index in [4.69, 9.17) is 0 Å². The van der Waals surface area contributed by atoms with E-state index in [-0.39, 0.29) is 18.7 Å². The van der Waals surface area contributed by atoms with Crippen molar-refractivity contribution in [2.45, 2.75) is 25.6 Å². The molecule has 0 fully saturated rings. The van der Waals surface area contributed by atoms with Gasteiger partial charge in [0.15, 0.2) is 0 Å². The first-order valence-corrected chi connectivity index (χ1v) is 6.49. The molecule has 0 saturated heterocycles. The molecule has 22 heavy (non-hydrogen) atoms. The Balaban J connectivity index is 2.49. The van der Waals surface area contributed by atoms with Crippen LogP contribution in [-0.2, 0) is 20.5 Å². The molecular formula is C14H17F3N2O3. The molecule has 8 heteroatoms. The molecule has 0 saturated carbocycles. The fourth-order valence-electron chi connectivity index (χ4n) is 1.70. The molecule has 1 aromatic rings. The minimum absolute atomic E-state index is 0.0196. The first-order chi connectivity index (χ1) is 10.2. The summed E-state index contributed by atoms with van der Waals surface area (Å²) < 4.78 is 42.1. The number of hydrogen-bond acceptors (Lipinski definition) is 4. The Morgan fingerprint density at radius 2 is 2.00 bits per heavy atom. The van der Waals surface area contributed by atoms with Crippen molar-refractivity contribution in [2.24, 2.45) is 0 Å². The third-order valence-electron chi connectivity index (χ3n) is 2.75. The third-order valence-corrected chi connectivity index (χ3v) is 2.75. The largest absolute Gasteiger partial charge is 0.469 e. The number of esters is 1. The van der Waals surface area contributed by atoms with Crippen molar-refractivity contribution < 1.29 is 27.5 Å². The molecule has 0 aromatic heterocycles. The minimum Gasteiger partial charge on any atom is -0.469 e. The van der Waals surface area contributed by atoms with Crippen LogP contribution in [0, 0.1) is 0 Å². The van der Waals surface area contributed by atoms with E-state index < -0.39 is 29.7 Å². The summed E-state index contributed by atoms with van der Waals surface area (Å²) >= 11 is 0. The van der Waals surface area contributed by atoms with Gasteiger partial charge in [0, 0.05) is 11.7 Å². The molecule has 1 aromatic carbocycles. The van der Waals surface area contributed by atoms with Gasteiger partial charge in [-0.3, -0.25) is 9.59 Å². The summed E-state index contributed by atoms with van der Waals surface area (Å²) in [6, 6.07) is 4.13. The van der Waals surface area contributed by atoms with Crippen LogP contribution in [0.2, 0.25) is 0 Å². The lowest BCUT2D eigenvalue weighted by Gasteiger charge is -2.14. The second-order valence-corrected chi connectivity index (χ2v) is 4.68. The lowest BCUT2D eigenvalue weighted by molar-refractivity contribution is -0.141. The molecular weight excluding hydrogens is 301 g/mol. The summed E-state index contributed by atoms with van der Waals surface area (Å²) in [7, 11) is 1.24. The summed E-state index contributed by atoms with van der Waals surface area (Å²) in [6.45, 7) is 1.42.